The molecule has 0 aromatic carbocycles. The van der Waals surface area contributed by atoms with Gasteiger partial charge in [-0.05, 0) is 20.3 Å². The first-order valence-corrected chi connectivity index (χ1v) is 10.8. The van der Waals surface area contributed by atoms with Gasteiger partial charge in [0, 0.05) is 19.3 Å². The molecule has 9 nitrogen and oxygen atoms in total. The molecule has 0 unspecified atom stereocenters. The maximum Gasteiger partial charge on any atom is 0.343 e. The third-order valence-corrected chi connectivity index (χ3v) is 6.74. The van der Waals surface area contributed by atoms with Crippen molar-refractivity contribution in [2.75, 3.05) is 30.9 Å². The van der Waals surface area contributed by atoms with Crippen molar-refractivity contribution in [2.45, 2.75) is 36.7 Å². The molecule has 0 saturated carbocycles. The molecular weight excluding hydrogens is 380 g/mol. The predicted octanol–water partition coefficient (Wildman–Crippen LogP) is 0.362. The Hall–Kier alpha value is -1.88. The molecule has 26 heavy (non-hydrogen) atoms. The summed E-state index contributed by atoms with van der Waals surface area (Å²) in [7, 11) is -1.47. The quantitative estimate of drug-likeness (QED) is 0.407. The molecule has 1 amide bonds. The Bertz CT molecular complexity index is 799. The molecule has 1 fully saturated rings. The Morgan fingerprint density at radius 1 is 1.50 bits per heavy atom. The number of amides is 1. The lowest BCUT2D eigenvalue weighted by Crippen LogP contribution is -2.41. The van der Waals surface area contributed by atoms with Gasteiger partial charge in [0.1, 0.15) is 11.4 Å². The standard InChI is InChI=1S/C15H22N4O5S2/c1-4-24-14(21)11-7-17-15(18-12(11)16)25-9(2)13(20)19(3)10-5-6-26(22,23)8-10/h7,9-10H,4-6,8H2,1-3H3,(H2,16,17,18)/t9-,10-/m1/s1. The van der Waals surface area contributed by atoms with Crippen LogP contribution in [0.15, 0.2) is 11.4 Å². The Morgan fingerprint density at radius 2 is 2.19 bits per heavy atom. The van der Waals surface area contributed by atoms with Crippen molar-refractivity contribution in [3.8, 4) is 0 Å². The van der Waals surface area contributed by atoms with E-state index in [0.717, 1.165) is 11.8 Å². The number of nitrogen functional groups attached to an aromatic ring is 1. The van der Waals surface area contributed by atoms with Crippen LogP contribution in [0, 0.1) is 0 Å². The second-order valence-corrected chi connectivity index (χ2v) is 9.47. The van der Waals surface area contributed by atoms with E-state index in [1.165, 1.54) is 11.1 Å². The topological polar surface area (TPSA) is 133 Å². The summed E-state index contributed by atoms with van der Waals surface area (Å²) in [6, 6.07) is -0.312. The lowest BCUT2D eigenvalue weighted by molar-refractivity contribution is -0.130. The number of aromatic nitrogens is 2. The molecule has 11 heteroatoms. The largest absolute Gasteiger partial charge is 0.462 e. The van der Waals surface area contributed by atoms with Gasteiger partial charge in [-0.25, -0.2) is 23.2 Å². The van der Waals surface area contributed by atoms with Crippen molar-refractivity contribution in [1.29, 1.82) is 0 Å². The fraction of sp³-hybridized carbons (Fsp3) is 0.600. The van der Waals surface area contributed by atoms with Gasteiger partial charge in [0.2, 0.25) is 5.91 Å². The van der Waals surface area contributed by atoms with Gasteiger partial charge in [0.25, 0.3) is 0 Å². The number of carbonyl (C=O) groups is 2. The van der Waals surface area contributed by atoms with Crippen molar-refractivity contribution in [2.24, 2.45) is 0 Å². The number of anilines is 1. The third kappa shape index (κ3) is 4.85. The van der Waals surface area contributed by atoms with Crippen LogP contribution in [0.25, 0.3) is 0 Å². The molecular formula is C15H22N4O5S2. The lowest BCUT2D eigenvalue weighted by atomic mass is 10.2. The van der Waals surface area contributed by atoms with Crippen LogP contribution in [0.4, 0.5) is 5.82 Å². The van der Waals surface area contributed by atoms with Crippen LogP contribution >= 0.6 is 11.8 Å². The minimum absolute atomic E-state index is 0.00961. The Morgan fingerprint density at radius 3 is 2.73 bits per heavy atom. The molecule has 0 bridgehead atoms. The first-order chi connectivity index (χ1) is 12.1. The van der Waals surface area contributed by atoms with Gasteiger partial charge in [0.05, 0.1) is 23.4 Å². The Balaban J connectivity index is 2.02. The van der Waals surface area contributed by atoms with E-state index < -0.39 is 21.1 Å². The summed E-state index contributed by atoms with van der Waals surface area (Å²) in [6.07, 6.45) is 1.72. The molecule has 2 heterocycles. The second-order valence-electron chi connectivity index (χ2n) is 5.94. The molecule has 1 aromatic rings. The van der Waals surface area contributed by atoms with E-state index in [4.69, 9.17) is 10.5 Å². The summed E-state index contributed by atoms with van der Waals surface area (Å²) in [5.74, 6) is -0.742. The molecule has 2 rings (SSSR count). The summed E-state index contributed by atoms with van der Waals surface area (Å²) in [4.78, 5) is 33.8. The van der Waals surface area contributed by atoms with Crippen LogP contribution in [-0.2, 0) is 19.4 Å². The summed E-state index contributed by atoms with van der Waals surface area (Å²) in [6.45, 7) is 3.58. The fourth-order valence-corrected chi connectivity index (χ4v) is 5.18. The van der Waals surface area contributed by atoms with Crippen molar-refractivity contribution >= 4 is 39.3 Å². The van der Waals surface area contributed by atoms with Crippen LogP contribution in [0.2, 0.25) is 0 Å². The zero-order valence-electron chi connectivity index (χ0n) is 14.8. The second kappa shape index (κ2) is 8.21. The SMILES string of the molecule is CCOC(=O)c1cnc(S[C@H](C)C(=O)N(C)[C@@H]2CCS(=O)(=O)C2)nc1N. The van der Waals surface area contributed by atoms with Crippen LogP contribution in [0.3, 0.4) is 0 Å². The van der Waals surface area contributed by atoms with Gasteiger partial charge in [0.15, 0.2) is 15.0 Å². The van der Waals surface area contributed by atoms with E-state index in [2.05, 4.69) is 9.97 Å². The number of sulfone groups is 1. The van der Waals surface area contributed by atoms with Gasteiger partial charge >= 0.3 is 5.97 Å². The van der Waals surface area contributed by atoms with Crippen LogP contribution in [-0.4, -0.2) is 71.6 Å². The molecule has 1 aromatic heterocycles. The van der Waals surface area contributed by atoms with Gasteiger partial charge in [-0.1, -0.05) is 11.8 Å². The van der Waals surface area contributed by atoms with Crippen LogP contribution in [0.1, 0.15) is 30.6 Å². The average Bonchev–Trinajstić information content (AvgIpc) is 2.93. The molecule has 1 aliphatic rings. The normalized spacial score (nSPS) is 19.7. The maximum absolute atomic E-state index is 12.5. The van der Waals surface area contributed by atoms with Crippen molar-refractivity contribution in [3.63, 3.8) is 0 Å². The molecule has 1 aliphatic heterocycles. The fourth-order valence-electron chi connectivity index (χ4n) is 2.56. The van der Waals surface area contributed by atoms with E-state index in [9.17, 15) is 18.0 Å². The van der Waals surface area contributed by atoms with E-state index in [0.29, 0.717) is 6.42 Å². The van der Waals surface area contributed by atoms with Gasteiger partial charge < -0.3 is 15.4 Å². The summed E-state index contributed by atoms with van der Waals surface area (Å²) < 4.78 is 28.0. The number of thioether (sulfide) groups is 1. The molecule has 1 saturated heterocycles. The number of rotatable bonds is 6. The number of hydrogen-bond donors (Lipinski definition) is 1. The first kappa shape index (κ1) is 20.4. The van der Waals surface area contributed by atoms with Crippen LogP contribution < -0.4 is 5.73 Å². The molecule has 0 aliphatic carbocycles. The number of ether oxygens (including phenoxy) is 1. The van der Waals surface area contributed by atoms with Gasteiger partial charge in [-0.15, -0.1) is 0 Å². The minimum Gasteiger partial charge on any atom is -0.462 e. The third-order valence-electron chi connectivity index (χ3n) is 4.03. The van der Waals surface area contributed by atoms with E-state index in [-0.39, 0.29) is 46.6 Å². The lowest BCUT2D eigenvalue weighted by Gasteiger charge is -2.26. The molecule has 0 radical (unpaired) electrons. The number of nitrogens with zero attached hydrogens (tertiary/aromatic N) is 3. The number of nitrogens with two attached hydrogens (primary N) is 1. The first-order valence-electron chi connectivity index (χ1n) is 8.08. The Kier molecular flexibility index (Phi) is 6.45. The predicted molar refractivity (Wildman–Crippen MR) is 97.5 cm³/mol. The zero-order valence-corrected chi connectivity index (χ0v) is 16.5. The smallest absolute Gasteiger partial charge is 0.343 e. The highest BCUT2D eigenvalue weighted by molar-refractivity contribution is 8.00. The summed E-state index contributed by atoms with van der Waals surface area (Å²) in [5, 5.41) is -0.278. The number of carbonyl (C=O) groups excluding carboxylic acids is 2. The highest BCUT2D eigenvalue weighted by Crippen LogP contribution is 2.25. The zero-order chi connectivity index (χ0) is 19.5. The maximum atomic E-state index is 12.5. The molecule has 2 atom stereocenters. The van der Waals surface area contributed by atoms with Crippen molar-refractivity contribution < 1.29 is 22.7 Å². The van der Waals surface area contributed by atoms with Gasteiger partial charge in [-0.3, -0.25) is 4.79 Å². The summed E-state index contributed by atoms with van der Waals surface area (Å²) >= 11 is 1.09. The van der Waals surface area contributed by atoms with E-state index in [1.807, 2.05) is 0 Å². The summed E-state index contributed by atoms with van der Waals surface area (Å²) in [5.41, 5.74) is 5.84. The van der Waals surface area contributed by atoms with Crippen molar-refractivity contribution in [1.82, 2.24) is 14.9 Å². The molecule has 0 spiro atoms. The number of hydrogen-bond acceptors (Lipinski definition) is 9. The van der Waals surface area contributed by atoms with Crippen LogP contribution in [0.5, 0.6) is 0 Å². The van der Waals surface area contributed by atoms with E-state index in [1.54, 1.807) is 20.9 Å². The highest BCUT2D eigenvalue weighted by Gasteiger charge is 2.34. The molecule has 144 valence electrons. The monoisotopic (exact) mass is 402 g/mol. The van der Waals surface area contributed by atoms with Crippen molar-refractivity contribution in [3.05, 3.63) is 11.8 Å². The Labute approximate surface area is 156 Å². The number of esters is 1. The highest BCUT2D eigenvalue weighted by atomic mass is 32.2. The molecule has 2 N–H and O–H groups in total. The minimum atomic E-state index is -3.07. The average molecular weight is 402 g/mol. The van der Waals surface area contributed by atoms with Gasteiger partial charge in [-0.2, -0.15) is 0 Å². The van der Waals surface area contributed by atoms with E-state index >= 15 is 0 Å².